The topological polar surface area (TPSA) is 190 Å². The third-order valence-corrected chi connectivity index (χ3v) is 4.89. The summed E-state index contributed by atoms with van der Waals surface area (Å²) in [5.41, 5.74) is -1.04. The van der Waals surface area contributed by atoms with E-state index < -0.39 is 59.6 Å². The summed E-state index contributed by atoms with van der Waals surface area (Å²) >= 11 is 0. The molecule has 11 nitrogen and oxygen atoms in total. The van der Waals surface area contributed by atoms with Crippen molar-refractivity contribution in [3.63, 3.8) is 0 Å². The zero-order valence-electron chi connectivity index (χ0n) is 15.7. The minimum atomic E-state index is -1.62. The number of fused-ring (bicyclic) bond motifs is 1. The number of aliphatic hydroxyl groups is 3. The van der Waals surface area contributed by atoms with E-state index in [1.165, 1.54) is 6.07 Å². The lowest BCUT2D eigenvalue weighted by Crippen LogP contribution is -2.36. The maximum atomic E-state index is 13.1. The Labute approximate surface area is 173 Å². The van der Waals surface area contributed by atoms with Crippen LogP contribution in [0.4, 0.5) is 0 Å². The van der Waals surface area contributed by atoms with Gasteiger partial charge in [-0.05, 0) is 18.2 Å². The number of benzene rings is 2. The molecule has 164 valence electrons. The maximum absolute atomic E-state index is 13.1. The van der Waals surface area contributed by atoms with Crippen LogP contribution in [0.3, 0.4) is 0 Å². The fraction of sp³-hybridized carbons (Fsp3) is 0.250. The summed E-state index contributed by atoms with van der Waals surface area (Å²) < 4.78 is 16.4. The highest BCUT2D eigenvalue weighted by atomic mass is 16.7. The van der Waals surface area contributed by atoms with Crippen LogP contribution in [0.2, 0.25) is 0 Å². The number of rotatable bonds is 4. The molecular weight excluding hydrogens is 416 g/mol. The molecule has 0 amide bonds. The highest BCUT2D eigenvalue weighted by molar-refractivity contribution is 5.88. The minimum absolute atomic E-state index is 0.0684. The molecule has 2 aromatic carbocycles. The molecule has 1 unspecified atom stereocenters. The van der Waals surface area contributed by atoms with E-state index in [1.54, 1.807) is 0 Å². The second-order valence-electron chi connectivity index (χ2n) is 6.96. The molecule has 4 atom stereocenters. The van der Waals surface area contributed by atoms with Crippen LogP contribution in [0.5, 0.6) is 28.7 Å². The Kier molecular flexibility index (Phi) is 5.11. The van der Waals surface area contributed by atoms with Gasteiger partial charge in [0, 0.05) is 17.7 Å². The molecule has 1 aromatic heterocycles. The molecule has 0 bridgehead atoms. The van der Waals surface area contributed by atoms with Crippen molar-refractivity contribution >= 4 is 11.0 Å². The van der Waals surface area contributed by atoms with Gasteiger partial charge in [-0.15, -0.1) is 0 Å². The lowest BCUT2D eigenvalue weighted by molar-refractivity contribution is -0.117. The lowest BCUT2D eigenvalue weighted by Gasteiger charge is -2.19. The van der Waals surface area contributed by atoms with E-state index in [0.717, 1.165) is 24.3 Å². The van der Waals surface area contributed by atoms with Crippen LogP contribution in [-0.4, -0.2) is 67.0 Å². The Balaban J connectivity index is 1.92. The molecule has 3 aromatic rings. The Morgan fingerprint density at radius 1 is 0.935 bits per heavy atom. The molecule has 2 heterocycles. The zero-order valence-corrected chi connectivity index (χ0v) is 15.7. The number of phenols is 4. The zero-order chi connectivity index (χ0) is 22.4. The summed E-state index contributed by atoms with van der Waals surface area (Å²) in [6, 6.07) is 5.50. The standard InChI is InChI=1S/C20H18O11/c21-6-13-15(26)17(28)20(30-13)31-19-16(27)14-11(25)4-8(22)5-12(14)29-18(19)7-1-2-9(23)10(24)3-7/h1-5,13,15,17,20-26,28H,6H2/t13-,15?,17-,20-/m0/s1. The largest absolute Gasteiger partial charge is 0.508 e. The first-order valence-corrected chi connectivity index (χ1v) is 9.05. The molecule has 0 saturated carbocycles. The molecule has 0 aliphatic carbocycles. The van der Waals surface area contributed by atoms with Gasteiger partial charge in [-0.1, -0.05) is 0 Å². The molecule has 1 aliphatic rings. The van der Waals surface area contributed by atoms with Gasteiger partial charge in [-0.25, -0.2) is 0 Å². The minimum Gasteiger partial charge on any atom is -0.508 e. The van der Waals surface area contributed by atoms with Crippen LogP contribution < -0.4 is 10.2 Å². The van der Waals surface area contributed by atoms with Crippen molar-refractivity contribution in [1.82, 2.24) is 0 Å². The lowest BCUT2D eigenvalue weighted by atomic mass is 10.1. The van der Waals surface area contributed by atoms with Crippen molar-refractivity contribution in [3.8, 4) is 40.1 Å². The molecule has 1 saturated heterocycles. The predicted molar refractivity (Wildman–Crippen MR) is 103 cm³/mol. The monoisotopic (exact) mass is 434 g/mol. The summed E-state index contributed by atoms with van der Waals surface area (Å²) in [7, 11) is 0. The molecule has 0 radical (unpaired) electrons. The number of ether oxygens (including phenoxy) is 2. The summed E-state index contributed by atoms with van der Waals surface area (Å²) in [6.07, 6.45) is -5.86. The van der Waals surface area contributed by atoms with Crippen molar-refractivity contribution in [2.45, 2.75) is 24.6 Å². The molecular formula is C20H18O11. The predicted octanol–water partition coefficient (Wildman–Crippen LogP) is 0.100. The van der Waals surface area contributed by atoms with Crippen LogP contribution in [-0.2, 0) is 4.74 Å². The molecule has 7 N–H and O–H groups in total. The van der Waals surface area contributed by atoms with Crippen molar-refractivity contribution in [1.29, 1.82) is 0 Å². The van der Waals surface area contributed by atoms with E-state index >= 15 is 0 Å². The second-order valence-corrected chi connectivity index (χ2v) is 6.96. The van der Waals surface area contributed by atoms with Gasteiger partial charge in [0.15, 0.2) is 17.3 Å². The number of hydrogen-bond acceptors (Lipinski definition) is 11. The highest BCUT2D eigenvalue weighted by Crippen LogP contribution is 2.39. The number of aliphatic hydroxyl groups excluding tert-OH is 3. The third-order valence-electron chi connectivity index (χ3n) is 4.89. The van der Waals surface area contributed by atoms with E-state index in [0.29, 0.717) is 0 Å². The normalized spacial score (nSPS) is 23.3. The van der Waals surface area contributed by atoms with Crippen LogP contribution in [0.25, 0.3) is 22.3 Å². The fourth-order valence-electron chi connectivity index (χ4n) is 3.31. The number of phenolic OH excluding ortho intramolecular Hbond substituents is 4. The first kappa shape index (κ1) is 20.8. The Morgan fingerprint density at radius 2 is 1.68 bits per heavy atom. The fourth-order valence-corrected chi connectivity index (χ4v) is 3.31. The molecule has 31 heavy (non-hydrogen) atoms. The van der Waals surface area contributed by atoms with E-state index in [4.69, 9.17) is 13.9 Å². The van der Waals surface area contributed by atoms with Gasteiger partial charge in [-0.2, -0.15) is 0 Å². The van der Waals surface area contributed by atoms with Gasteiger partial charge in [0.1, 0.15) is 40.8 Å². The average molecular weight is 434 g/mol. The highest BCUT2D eigenvalue weighted by Gasteiger charge is 2.44. The van der Waals surface area contributed by atoms with Gasteiger partial charge in [0.05, 0.1) is 6.61 Å². The first-order chi connectivity index (χ1) is 14.7. The number of aromatic hydroxyl groups is 4. The quantitative estimate of drug-likeness (QED) is 0.276. The van der Waals surface area contributed by atoms with Crippen LogP contribution in [0.15, 0.2) is 39.5 Å². The summed E-state index contributed by atoms with van der Waals surface area (Å²) in [5.74, 6) is -2.78. The Hall–Kier alpha value is -3.51. The van der Waals surface area contributed by atoms with Crippen LogP contribution in [0, 0.1) is 0 Å². The van der Waals surface area contributed by atoms with E-state index in [2.05, 4.69) is 0 Å². The molecule has 0 spiro atoms. The summed E-state index contributed by atoms with van der Waals surface area (Å²) in [5, 5.41) is 68.3. The molecule has 11 heteroatoms. The maximum Gasteiger partial charge on any atom is 0.239 e. The van der Waals surface area contributed by atoms with Gasteiger partial charge >= 0.3 is 0 Å². The average Bonchev–Trinajstić information content (AvgIpc) is 2.99. The smallest absolute Gasteiger partial charge is 0.239 e. The van der Waals surface area contributed by atoms with Crippen molar-refractivity contribution in [3.05, 3.63) is 40.6 Å². The number of hydrogen-bond donors (Lipinski definition) is 7. The Morgan fingerprint density at radius 3 is 2.32 bits per heavy atom. The van der Waals surface area contributed by atoms with Crippen molar-refractivity contribution < 1.29 is 49.6 Å². The van der Waals surface area contributed by atoms with Gasteiger partial charge < -0.3 is 49.6 Å². The van der Waals surface area contributed by atoms with Crippen LogP contribution in [0.1, 0.15) is 0 Å². The van der Waals surface area contributed by atoms with Gasteiger partial charge in [-0.3, -0.25) is 4.79 Å². The molecule has 1 aliphatic heterocycles. The van der Waals surface area contributed by atoms with E-state index in [1.807, 2.05) is 0 Å². The van der Waals surface area contributed by atoms with Crippen molar-refractivity contribution in [2.75, 3.05) is 6.61 Å². The SMILES string of the molecule is O=c1c(O[C@@H]2O[C@@H](CO)C(O)[C@@H]2O)c(-c2ccc(O)c(O)c2)oc2cc(O)cc(O)c12. The van der Waals surface area contributed by atoms with Crippen molar-refractivity contribution in [2.24, 2.45) is 0 Å². The Bertz CT molecular complexity index is 1200. The summed E-state index contributed by atoms with van der Waals surface area (Å²) in [6.45, 7) is -0.622. The van der Waals surface area contributed by atoms with E-state index in [-0.39, 0.29) is 28.0 Å². The molecule has 1 fully saturated rings. The summed E-state index contributed by atoms with van der Waals surface area (Å²) in [4.78, 5) is 13.1. The van der Waals surface area contributed by atoms with Crippen LogP contribution >= 0.6 is 0 Å². The molecule has 4 rings (SSSR count). The van der Waals surface area contributed by atoms with E-state index in [9.17, 15) is 40.5 Å². The second kappa shape index (κ2) is 7.63. The van der Waals surface area contributed by atoms with Gasteiger partial charge in [0.25, 0.3) is 0 Å². The third kappa shape index (κ3) is 3.49. The van der Waals surface area contributed by atoms with Gasteiger partial charge in [0.2, 0.25) is 17.5 Å². The first-order valence-electron chi connectivity index (χ1n) is 9.05.